The van der Waals surface area contributed by atoms with Gasteiger partial charge in [0.1, 0.15) is 5.03 Å². The van der Waals surface area contributed by atoms with Gasteiger partial charge < -0.3 is 5.73 Å². The highest BCUT2D eigenvalue weighted by Crippen LogP contribution is 2.26. The quantitative estimate of drug-likeness (QED) is 0.919. The molecule has 18 heavy (non-hydrogen) atoms. The van der Waals surface area contributed by atoms with Crippen LogP contribution in [0.15, 0.2) is 40.4 Å². The number of hydrogen-bond acceptors (Lipinski definition) is 4. The number of nitrogens with zero attached hydrogens (tertiary/aromatic N) is 2. The van der Waals surface area contributed by atoms with Gasteiger partial charge in [-0.2, -0.15) is 0 Å². The van der Waals surface area contributed by atoms with Crippen LogP contribution in [0.25, 0.3) is 0 Å². The van der Waals surface area contributed by atoms with Gasteiger partial charge in [-0.25, -0.2) is 4.98 Å². The Balaban J connectivity index is 2.18. The van der Waals surface area contributed by atoms with Gasteiger partial charge in [0.25, 0.3) is 0 Å². The zero-order chi connectivity index (χ0) is 13.1. The number of rotatable bonds is 3. The standard InChI is InChI=1S/C14H17N3S/c1-9-6-10(2)17-14(7-9)18-12-4-5-13(11(3)15)16-8-12/h4-8,11H,15H2,1-3H3. The molecule has 3 nitrogen and oxygen atoms in total. The molecule has 2 aromatic rings. The van der Waals surface area contributed by atoms with E-state index >= 15 is 0 Å². The maximum Gasteiger partial charge on any atom is 0.101 e. The van der Waals surface area contributed by atoms with E-state index in [9.17, 15) is 0 Å². The molecule has 2 rings (SSSR count). The van der Waals surface area contributed by atoms with Crippen LogP contribution in [0.4, 0.5) is 0 Å². The topological polar surface area (TPSA) is 51.8 Å². The Hall–Kier alpha value is -1.39. The van der Waals surface area contributed by atoms with Crippen molar-refractivity contribution in [3.05, 3.63) is 47.4 Å². The van der Waals surface area contributed by atoms with Gasteiger partial charge in [-0.3, -0.25) is 4.98 Å². The van der Waals surface area contributed by atoms with Crippen molar-refractivity contribution in [3.8, 4) is 0 Å². The summed E-state index contributed by atoms with van der Waals surface area (Å²) in [6.07, 6.45) is 1.85. The molecule has 0 aliphatic carbocycles. The van der Waals surface area contributed by atoms with E-state index in [0.717, 1.165) is 21.3 Å². The highest BCUT2D eigenvalue weighted by atomic mass is 32.2. The van der Waals surface area contributed by atoms with Gasteiger partial charge in [0.05, 0.1) is 5.69 Å². The highest BCUT2D eigenvalue weighted by Gasteiger charge is 2.04. The van der Waals surface area contributed by atoms with E-state index < -0.39 is 0 Å². The zero-order valence-corrected chi connectivity index (χ0v) is 11.7. The molecular formula is C14H17N3S. The number of aryl methyl sites for hydroxylation is 2. The van der Waals surface area contributed by atoms with E-state index in [2.05, 4.69) is 29.0 Å². The lowest BCUT2D eigenvalue weighted by molar-refractivity contribution is 0.777. The second-order valence-corrected chi connectivity index (χ2v) is 5.53. The van der Waals surface area contributed by atoms with Gasteiger partial charge >= 0.3 is 0 Å². The Morgan fingerprint density at radius 1 is 1.22 bits per heavy atom. The van der Waals surface area contributed by atoms with Crippen molar-refractivity contribution >= 4 is 11.8 Å². The largest absolute Gasteiger partial charge is 0.323 e. The van der Waals surface area contributed by atoms with Crippen LogP contribution < -0.4 is 5.73 Å². The first-order chi connectivity index (χ1) is 8.54. The molecule has 94 valence electrons. The van der Waals surface area contributed by atoms with E-state index in [0.29, 0.717) is 0 Å². The molecule has 4 heteroatoms. The average Bonchev–Trinajstić information content (AvgIpc) is 2.28. The Morgan fingerprint density at radius 3 is 2.56 bits per heavy atom. The van der Waals surface area contributed by atoms with Crippen LogP contribution in [0, 0.1) is 13.8 Å². The van der Waals surface area contributed by atoms with Gasteiger partial charge in [-0.05, 0) is 50.6 Å². The molecule has 0 spiro atoms. The number of nitrogens with two attached hydrogens (primary N) is 1. The fraction of sp³-hybridized carbons (Fsp3) is 0.286. The smallest absolute Gasteiger partial charge is 0.101 e. The van der Waals surface area contributed by atoms with Gasteiger partial charge in [0.15, 0.2) is 0 Å². The second kappa shape index (κ2) is 5.50. The van der Waals surface area contributed by atoms with Crippen LogP contribution in [0.5, 0.6) is 0 Å². The fourth-order valence-corrected chi connectivity index (χ4v) is 2.62. The summed E-state index contributed by atoms with van der Waals surface area (Å²) in [5.74, 6) is 0. The molecule has 0 amide bonds. The molecule has 2 N–H and O–H groups in total. The molecule has 0 saturated carbocycles. The van der Waals surface area contributed by atoms with E-state index in [1.165, 1.54) is 5.56 Å². The van der Waals surface area contributed by atoms with Crippen molar-refractivity contribution in [2.45, 2.75) is 36.7 Å². The minimum Gasteiger partial charge on any atom is -0.323 e. The minimum atomic E-state index is -0.0246. The third-order valence-corrected chi connectivity index (χ3v) is 3.42. The summed E-state index contributed by atoms with van der Waals surface area (Å²) in [5, 5.41) is 1.00. The molecule has 0 bridgehead atoms. The van der Waals surface area contributed by atoms with Crippen LogP contribution in [0.1, 0.15) is 29.9 Å². The fourth-order valence-electron chi connectivity index (χ4n) is 1.70. The first kappa shape index (κ1) is 13.1. The van der Waals surface area contributed by atoms with Crippen molar-refractivity contribution in [3.63, 3.8) is 0 Å². The van der Waals surface area contributed by atoms with Crippen LogP contribution in [-0.4, -0.2) is 9.97 Å². The third kappa shape index (κ3) is 3.31. The summed E-state index contributed by atoms with van der Waals surface area (Å²) in [5.41, 5.74) is 8.95. The van der Waals surface area contributed by atoms with E-state index in [1.807, 2.05) is 32.2 Å². The summed E-state index contributed by atoms with van der Waals surface area (Å²) in [7, 11) is 0. The maximum absolute atomic E-state index is 5.77. The van der Waals surface area contributed by atoms with Crippen molar-refractivity contribution < 1.29 is 0 Å². The van der Waals surface area contributed by atoms with Crippen LogP contribution in [0.3, 0.4) is 0 Å². The Labute approximate surface area is 112 Å². The number of aromatic nitrogens is 2. The molecule has 0 radical (unpaired) electrons. The molecule has 0 fully saturated rings. The lowest BCUT2D eigenvalue weighted by Gasteiger charge is -2.06. The molecule has 1 unspecified atom stereocenters. The van der Waals surface area contributed by atoms with Crippen LogP contribution in [0.2, 0.25) is 0 Å². The monoisotopic (exact) mass is 259 g/mol. The first-order valence-corrected chi connectivity index (χ1v) is 6.71. The molecule has 2 heterocycles. The minimum absolute atomic E-state index is 0.0246. The van der Waals surface area contributed by atoms with Crippen molar-refractivity contribution in [2.24, 2.45) is 5.73 Å². The van der Waals surface area contributed by atoms with Crippen molar-refractivity contribution in [1.82, 2.24) is 9.97 Å². The predicted molar refractivity (Wildman–Crippen MR) is 74.7 cm³/mol. The summed E-state index contributed by atoms with van der Waals surface area (Å²) in [4.78, 5) is 9.92. The third-order valence-electron chi connectivity index (χ3n) is 2.52. The average molecular weight is 259 g/mol. The normalized spacial score (nSPS) is 12.4. The number of hydrogen-bond donors (Lipinski definition) is 1. The predicted octanol–water partition coefficient (Wildman–Crippen LogP) is 3.26. The molecular weight excluding hydrogens is 242 g/mol. The molecule has 1 atom stereocenters. The summed E-state index contributed by atoms with van der Waals surface area (Å²) >= 11 is 1.62. The Morgan fingerprint density at radius 2 is 2.00 bits per heavy atom. The maximum atomic E-state index is 5.77. The second-order valence-electron chi connectivity index (χ2n) is 4.43. The molecule has 0 saturated heterocycles. The highest BCUT2D eigenvalue weighted by molar-refractivity contribution is 7.99. The van der Waals surface area contributed by atoms with Gasteiger partial charge in [-0.15, -0.1) is 0 Å². The van der Waals surface area contributed by atoms with E-state index in [-0.39, 0.29) is 6.04 Å². The zero-order valence-electron chi connectivity index (χ0n) is 10.8. The lowest BCUT2D eigenvalue weighted by Crippen LogP contribution is -2.06. The van der Waals surface area contributed by atoms with Crippen molar-refractivity contribution in [2.75, 3.05) is 0 Å². The molecule has 0 aromatic carbocycles. The molecule has 2 aromatic heterocycles. The van der Waals surface area contributed by atoms with Crippen LogP contribution >= 0.6 is 11.8 Å². The lowest BCUT2D eigenvalue weighted by atomic mass is 10.2. The summed E-state index contributed by atoms with van der Waals surface area (Å²) in [6.45, 7) is 6.02. The van der Waals surface area contributed by atoms with Gasteiger partial charge in [-0.1, -0.05) is 11.8 Å². The summed E-state index contributed by atoms with van der Waals surface area (Å²) in [6, 6.07) is 8.13. The molecule has 0 aliphatic heterocycles. The first-order valence-electron chi connectivity index (χ1n) is 5.89. The van der Waals surface area contributed by atoms with E-state index in [1.54, 1.807) is 11.8 Å². The van der Waals surface area contributed by atoms with Crippen molar-refractivity contribution in [1.29, 1.82) is 0 Å². The Bertz CT molecular complexity index is 515. The van der Waals surface area contributed by atoms with Gasteiger partial charge in [0.2, 0.25) is 0 Å². The molecule has 0 aliphatic rings. The SMILES string of the molecule is Cc1cc(C)nc(Sc2ccc(C(C)N)nc2)c1. The summed E-state index contributed by atoms with van der Waals surface area (Å²) < 4.78 is 0. The van der Waals surface area contributed by atoms with E-state index in [4.69, 9.17) is 5.73 Å². The van der Waals surface area contributed by atoms with Gasteiger partial charge in [0, 0.05) is 22.8 Å². The van der Waals surface area contributed by atoms with Crippen LogP contribution in [-0.2, 0) is 0 Å². The Kier molecular flexibility index (Phi) is 3.99. The number of pyridine rings is 2.